The lowest BCUT2D eigenvalue weighted by Gasteiger charge is -2.20. The largest absolute Gasteiger partial charge is 0.416 e. The van der Waals surface area contributed by atoms with Gasteiger partial charge in [-0.2, -0.15) is 26.3 Å². The van der Waals surface area contributed by atoms with E-state index >= 15 is 0 Å². The summed E-state index contributed by atoms with van der Waals surface area (Å²) in [6, 6.07) is 2.67. The van der Waals surface area contributed by atoms with Crippen LogP contribution in [0.5, 0.6) is 0 Å². The van der Waals surface area contributed by atoms with Crippen LogP contribution in [0.3, 0.4) is 0 Å². The first-order valence-corrected chi connectivity index (χ1v) is 24.6. The van der Waals surface area contributed by atoms with E-state index in [2.05, 4.69) is 47.2 Å². The van der Waals surface area contributed by atoms with E-state index in [4.69, 9.17) is 34.4 Å². The maximum absolute atomic E-state index is 14.5. The monoisotopic (exact) mass is 1070 g/mol. The highest BCUT2D eigenvalue weighted by atomic mass is 32.2. The summed E-state index contributed by atoms with van der Waals surface area (Å²) in [6.07, 6.45) is -7.31. The maximum Gasteiger partial charge on any atom is 0.416 e. The van der Waals surface area contributed by atoms with Crippen molar-refractivity contribution in [3.8, 4) is 0 Å². The van der Waals surface area contributed by atoms with Crippen LogP contribution in [-0.2, 0) is 41.1 Å². The molecule has 0 spiro atoms. The predicted molar refractivity (Wildman–Crippen MR) is 270 cm³/mol. The number of nitrogens with one attached hydrogen (secondary N) is 7. The van der Waals surface area contributed by atoms with Crippen LogP contribution < -0.4 is 71.6 Å². The molecule has 0 aliphatic carbocycles. The number of rotatable bonds is 28. The van der Waals surface area contributed by atoms with Crippen LogP contribution in [0.25, 0.3) is 0 Å². The Morgan fingerprint density at radius 3 is 1.58 bits per heavy atom. The van der Waals surface area contributed by atoms with Gasteiger partial charge in [-0.25, -0.2) is 0 Å². The van der Waals surface area contributed by atoms with Crippen LogP contribution in [0, 0.1) is 0 Å². The molecule has 21 nitrogen and oxygen atoms in total. The Morgan fingerprint density at radius 1 is 0.671 bits per heavy atom. The van der Waals surface area contributed by atoms with Gasteiger partial charge in [0.15, 0.2) is 5.96 Å². The lowest BCUT2D eigenvalue weighted by Crippen LogP contribution is -2.45. The molecule has 19 N–H and O–H groups in total. The zero-order chi connectivity index (χ0) is 54.3. The fourth-order valence-electron chi connectivity index (χ4n) is 6.51. The summed E-state index contributed by atoms with van der Waals surface area (Å²) in [5.74, 6) is -4.66. The van der Waals surface area contributed by atoms with Gasteiger partial charge in [-0.1, -0.05) is 12.5 Å². The Balaban J connectivity index is 2.10. The smallest absolute Gasteiger partial charge is 0.370 e. The molecule has 0 bridgehead atoms. The summed E-state index contributed by atoms with van der Waals surface area (Å²) >= 11 is 1.77. The Kier molecular flexibility index (Phi) is 25.2. The zero-order valence-electron chi connectivity index (χ0n) is 39.7. The van der Waals surface area contributed by atoms with E-state index in [1.165, 1.54) is 6.21 Å². The van der Waals surface area contributed by atoms with E-state index in [0.29, 0.717) is 55.6 Å². The summed E-state index contributed by atoms with van der Waals surface area (Å²) in [6.45, 7) is 1.47. The topological polar surface area (TPSA) is 367 Å². The summed E-state index contributed by atoms with van der Waals surface area (Å²) in [4.78, 5) is 86.4. The first-order valence-electron chi connectivity index (χ1n) is 22.6. The van der Waals surface area contributed by atoms with Crippen molar-refractivity contribution in [2.75, 3.05) is 72.0 Å². The van der Waals surface area contributed by atoms with Gasteiger partial charge in [0.25, 0.3) is 11.8 Å². The van der Waals surface area contributed by atoms with Crippen LogP contribution in [0.15, 0.2) is 67.0 Å². The van der Waals surface area contributed by atoms with Crippen LogP contribution >= 0.6 is 23.5 Å². The number of anilines is 4. The van der Waals surface area contributed by atoms with Crippen LogP contribution in [0.4, 0.5) is 49.1 Å². The number of hydrogen-bond donors (Lipinski definition) is 13. The highest BCUT2D eigenvalue weighted by Gasteiger charge is 2.35. The number of amides is 6. The van der Waals surface area contributed by atoms with Crippen molar-refractivity contribution < 1.29 is 55.1 Å². The molecule has 1 aliphatic heterocycles. The third kappa shape index (κ3) is 21.4. The number of carbonyl (C=O) groups is 6. The lowest BCUT2D eigenvalue weighted by atomic mass is 10.0. The second kappa shape index (κ2) is 30.1. The van der Waals surface area contributed by atoms with Crippen molar-refractivity contribution >= 4 is 93.9 Å². The van der Waals surface area contributed by atoms with Gasteiger partial charge in [0.05, 0.1) is 56.8 Å². The summed E-state index contributed by atoms with van der Waals surface area (Å²) < 4.78 is 86.9. The molecule has 0 radical (unpaired) electrons. The number of guanidine groups is 1. The number of hydrogen-bond acceptors (Lipinski definition) is 15. The minimum Gasteiger partial charge on any atom is -0.370 e. The molecule has 2 aromatic carbocycles. The van der Waals surface area contributed by atoms with Gasteiger partial charge in [0.1, 0.15) is 12.0 Å². The fourth-order valence-corrected chi connectivity index (χ4v) is 8.39. The van der Waals surface area contributed by atoms with E-state index in [1.54, 1.807) is 6.92 Å². The number of carbonyl (C=O) groups excluding carboxylic acids is 6. The SMILES string of the molecule is CCC1=C(C(=O)Nc2cc(C(F)(F)F)cc(NC(=O)CCCCNC(N)N)c2SCCNC(=O)CN)C=C(C(=O)Nc2cc(C(F)(F)F)cc(NC(=O)CCCCN=C(N)N)c2SCCNC(=O)CN)N=CC1. The molecular weight excluding hydrogens is 1010 g/mol. The highest BCUT2D eigenvalue weighted by molar-refractivity contribution is 7.99. The number of halogens is 6. The third-order valence-corrected chi connectivity index (χ3v) is 12.3. The van der Waals surface area contributed by atoms with Gasteiger partial charge in [-0.05, 0) is 69.0 Å². The van der Waals surface area contributed by atoms with Gasteiger partial charge < -0.3 is 66.3 Å². The molecule has 2 aromatic rings. The second-order valence-electron chi connectivity index (χ2n) is 15.7. The number of nitrogens with zero attached hydrogens (tertiary/aromatic N) is 2. The number of nitrogens with two attached hydrogens (primary N) is 6. The number of allylic oxidation sites excluding steroid dienone is 1. The van der Waals surface area contributed by atoms with Crippen LogP contribution in [-0.4, -0.2) is 105 Å². The van der Waals surface area contributed by atoms with Gasteiger partial charge in [0, 0.05) is 62.2 Å². The van der Waals surface area contributed by atoms with Gasteiger partial charge in [-0.15, -0.1) is 23.5 Å². The van der Waals surface area contributed by atoms with Gasteiger partial charge >= 0.3 is 12.4 Å². The first kappa shape index (κ1) is 61.1. The normalized spacial score (nSPS) is 12.7. The third-order valence-electron chi connectivity index (χ3n) is 10.0. The number of unbranched alkanes of at least 4 members (excludes halogenated alkanes) is 2. The van der Waals surface area contributed by atoms with Crippen molar-refractivity contribution in [3.63, 3.8) is 0 Å². The molecule has 0 saturated carbocycles. The number of alkyl halides is 6. The minimum atomic E-state index is -5.00. The van der Waals surface area contributed by atoms with Crippen molar-refractivity contribution in [3.05, 3.63) is 58.3 Å². The molecule has 3 rings (SSSR count). The second-order valence-corrected chi connectivity index (χ2v) is 17.9. The van der Waals surface area contributed by atoms with E-state index in [0.717, 1.165) is 29.6 Å². The van der Waals surface area contributed by atoms with Gasteiger partial charge in [-0.3, -0.25) is 44.1 Å². The molecule has 1 aliphatic rings. The first-order chi connectivity index (χ1) is 34.5. The predicted octanol–water partition coefficient (Wildman–Crippen LogP) is 2.98. The summed E-state index contributed by atoms with van der Waals surface area (Å²) in [5, 5.41) is 17.7. The van der Waals surface area contributed by atoms with Crippen molar-refractivity contribution in [2.45, 2.75) is 86.7 Å². The molecule has 0 fully saturated rings. The molecule has 0 aromatic heterocycles. The van der Waals surface area contributed by atoms with E-state index in [-0.39, 0.29) is 109 Å². The minimum absolute atomic E-state index is 0.0151. The molecule has 0 atom stereocenters. The van der Waals surface area contributed by atoms with Crippen LogP contribution in [0.1, 0.15) is 69.4 Å². The number of aliphatic imine (C=N–C) groups is 2. The molecule has 402 valence electrons. The Bertz CT molecular complexity index is 2410. The van der Waals surface area contributed by atoms with Crippen LogP contribution in [0.2, 0.25) is 0 Å². The average Bonchev–Trinajstić information content (AvgIpc) is 3.54. The zero-order valence-corrected chi connectivity index (χ0v) is 41.4. The summed E-state index contributed by atoms with van der Waals surface area (Å²) in [5.41, 5.74) is 28.0. The van der Waals surface area contributed by atoms with E-state index in [9.17, 15) is 55.1 Å². The average molecular weight is 1070 g/mol. The molecule has 1 heterocycles. The van der Waals surface area contributed by atoms with Crippen molar-refractivity contribution in [1.29, 1.82) is 0 Å². The quantitative estimate of drug-likeness (QED) is 0.0146. The van der Waals surface area contributed by atoms with Gasteiger partial charge in [0.2, 0.25) is 23.6 Å². The number of benzene rings is 2. The Morgan fingerprint density at radius 2 is 1.14 bits per heavy atom. The molecule has 6 amide bonds. The summed E-state index contributed by atoms with van der Waals surface area (Å²) in [7, 11) is 0. The molecule has 0 unspecified atom stereocenters. The molecular formula is C44H61F6N15O6S2. The van der Waals surface area contributed by atoms with Crippen molar-refractivity contribution in [1.82, 2.24) is 16.0 Å². The molecule has 29 heteroatoms. The van der Waals surface area contributed by atoms with E-state index < -0.39 is 82.3 Å². The highest BCUT2D eigenvalue weighted by Crippen LogP contribution is 2.43. The lowest BCUT2D eigenvalue weighted by molar-refractivity contribution is -0.138. The maximum atomic E-state index is 14.5. The number of thioether (sulfide) groups is 2. The van der Waals surface area contributed by atoms with E-state index in [1.807, 2.05) is 0 Å². The Labute approximate surface area is 425 Å². The fraction of sp³-hybridized carbons (Fsp3) is 0.455. The van der Waals surface area contributed by atoms with Crippen molar-refractivity contribution in [2.24, 2.45) is 44.4 Å². The standard InChI is InChI=1S/C44H61F6N15O6S2/c1-2-24-9-12-57-32(40(71)65-31-20-26(44(48,49)50)18-29(38(31)73-16-14-59-36(69)23-52)63-34(67)8-4-6-11-61-42(55)56)21-27(24)39(70)64-30-19-25(43(45,46)47)17-28(37(30)72-15-13-58-35(68)22-51)62-33(66)7-3-5-10-60-41(53)54/h12,17-21,41,60H,2-11,13-16,22-23,51-54H2,1H3,(H,58,68)(H,59,69)(H,62,66)(H,63,67)(H,64,70)(H,65,71)(H4,55,56,61). The Hall–Kier alpha value is -6.24. The molecule has 73 heavy (non-hydrogen) atoms. The molecule has 0 saturated heterocycles.